The van der Waals surface area contributed by atoms with E-state index in [4.69, 9.17) is 4.74 Å². The number of rotatable bonds is 5. The number of fused-ring (bicyclic) bond motifs is 3. The van der Waals surface area contributed by atoms with Gasteiger partial charge >= 0.3 is 0 Å². The van der Waals surface area contributed by atoms with Crippen molar-refractivity contribution in [2.45, 2.75) is 34.2 Å². The Kier molecular flexibility index (Phi) is 5.26. The lowest BCUT2D eigenvalue weighted by Gasteiger charge is -2.11. The lowest BCUT2D eigenvalue weighted by atomic mass is 10.1. The van der Waals surface area contributed by atoms with Crippen molar-refractivity contribution in [1.82, 2.24) is 14.5 Å². The third-order valence-electron chi connectivity index (χ3n) is 4.82. The Morgan fingerprint density at radius 2 is 1.90 bits per heavy atom. The van der Waals surface area contributed by atoms with Crippen molar-refractivity contribution in [1.29, 1.82) is 0 Å². The SMILES string of the molecule is CCOc1ccc(NC(=O)Cn2c(C)nc3c(sc4nc(C)cc(C)c43)c2=O)cc1. The van der Waals surface area contributed by atoms with Crippen LogP contribution in [0.2, 0.25) is 0 Å². The van der Waals surface area contributed by atoms with E-state index in [-0.39, 0.29) is 18.0 Å². The van der Waals surface area contributed by atoms with Crippen molar-refractivity contribution >= 4 is 43.4 Å². The topological polar surface area (TPSA) is 86.1 Å². The maximum Gasteiger partial charge on any atom is 0.272 e. The first-order valence-electron chi connectivity index (χ1n) is 9.68. The molecule has 0 aliphatic heterocycles. The summed E-state index contributed by atoms with van der Waals surface area (Å²) in [7, 11) is 0. The Hall–Kier alpha value is -3.26. The minimum atomic E-state index is -0.295. The molecule has 30 heavy (non-hydrogen) atoms. The van der Waals surface area contributed by atoms with Crippen molar-refractivity contribution in [3.8, 4) is 5.75 Å². The number of carbonyl (C=O) groups is 1. The zero-order chi connectivity index (χ0) is 21.4. The first-order valence-corrected chi connectivity index (χ1v) is 10.5. The number of hydrogen-bond donors (Lipinski definition) is 1. The molecule has 3 heterocycles. The highest BCUT2D eigenvalue weighted by atomic mass is 32.1. The highest BCUT2D eigenvalue weighted by Gasteiger charge is 2.18. The summed E-state index contributed by atoms with van der Waals surface area (Å²) >= 11 is 1.32. The fourth-order valence-electron chi connectivity index (χ4n) is 3.50. The second kappa shape index (κ2) is 7.87. The van der Waals surface area contributed by atoms with E-state index in [9.17, 15) is 9.59 Å². The average Bonchev–Trinajstić information content (AvgIpc) is 3.05. The Labute approximate surface area is 177 Å². The van der Waals surface area contributed by atoms with Crippen LogP contribution in [-0.2, 0) is 11.3 Å². The lowest BCUT2D eigenvalue weighted by molar-refractivity contribution is -0.116. The predicted octanol–water partition coefficient (Wildman–Crippen LogP) is 3.97. The number of nitrogens with zero attached hydrogens (tertiary/aromatic N) is 3. The molecule has 4 aromatic rings. The van der Waals surface area contributed by atoms with Gasteiger partial charge in [-0.1, -0.05) is 0 Å². The summed E-state index contributed by atoms with van der Waals surface area (Å²) in [6.07, 6.45) is 0. The zero-order valence-electron chi connectivity index (χ0n) is 17.3. The molecule has 0 aliphatic rings. The molecule has 4 rings (SSSR count). The van der Waals surface area contributed by atoms with Gasteiger partial charge in [-0.3, -0.25) is 14.2 Å². The number of ether oxygens (including phenoxy) is 1. The third-order valence-corrected chi connectivity index (χ3v) is 5.88. The van der Waals surface area contributed by atoms with E-state index in [0.29, 0.717) is 28.3 Å². The minimum absolute atomic E-state index is 0.111. The number of nitrogens with one attached hydrogen (secondary N) is 1. The van der Waals surface area contributed by atoms with Gasteiger partial charge in [-0.2, -0.15) is 0 Å². The second-order valence-corrected chi connectivity index (χ2v) is 8.10. The second-order valence-electron chi connectivity index (χ2n) is 7.10. The summed E-state index contributed by atoms with van der Waals surface area (Å²) in [4.78, 5) is 35.7. The number of aryl methyl sites for hydroxylation is 3. The van der Waals surface area contributed by atoms with Crippen LogP contribution in [-0.4, -0.2) is 27.0 Å². The van der Waals surface area contributed by atoms with Gasteiger partial charge < -0.3 is 10.1 Å². The normalized spacial score (nSPS) is 11.2. The number of benzene rings is 1. The Bertz CT molecular complexity index is 1320. The molecule has 7 nitrogen and oxygen atoms in total. The van der Waals surface area contributed by atoms with Gasteiger partial charge in [-0.15, -0.1) is 11.3 Å². The van der Waals surface area contributed by atoms with Crippen molar-refractivity contribution in [3.05, 3.63) is 57.8 Å². The number of hydrogen-bond acceptors (Lipinski definition) is 6. The molecular weight excluding hydrogens is 400 g/mol. The zero-order valence-corrected chi connectivity index (χ0v) is 18.1. The number of aromatic nitrogens is 3. The fourth-order valence-corrected chi connectivity index (χ4v) is 4.68. The van der Waals surface area contributed by atoms with Crippen LogP contribution in [0.4, 0.5) is 5.69 Å². The largest absolute Gasteiger partial charge is 0.494 e. The number of carbonyl (C=O) groups excluding carboxylic acids is 1. The summed E-state index contributed by atoms with van der Waals surface area (Å²) in [5.41, 5.74) is 3.02. The molecule has 3 aromatic heterocycles. The lowest BCUT2D eigenvalue weighted by Crippen LogP contribution is -2.29. The molecule has 0 saturated heterocycles. The first kappa shape index (κ1) is 20.0. The molecular formula is C22H22N4O3S. The van der Waals surface area contributed by atoms with E-state index in [2.05, 4.69) is 15.3 Å². The van der Waals surface area contributed by atoms with E-state index in [1.165, 1.54) is 15.9 Å². The van der Waals surface area contributed by atoms with Crippen LogP contribution >= 0.6 is 11.3 Å². The van der Waals surface area contributed by atoms with Gasteiger partial charge in [0.2, 0.25) is 5.91 Å². The van der Waals surface area contributed by atoms with Crippen molar-refractivity contribution in [3.63, 3.8) is 0 Å². The standard InChI is InChI=1S/C22H22N4O3S/c1-5-29-16-8-6-15(7-9-16)25-17(27)11-26-14(4)24-19-18-12(2)10-13(3)23-21(18)30-20(19)22(26)28/h6-10H,5,11H2,1-4H3,(H,25,27). The Morgan fingerprint density at radius 1 is 1.17 bits per heavy atom. The van der Waals surface area contributed by atoms with Crippen LogP contribution in [0, 0.1) is 20.8 Å². The van der Waals surface area contributed by atoms with E-state index < -0.39 is 0 Å². The maximum atomic E-state index is 13.1. The summed E-state index contributed by atoms with van der Waals surface area (Å²) in [5.74, 6) is 0.937. The molecule has 154 valence electrons. The number of pyridine rings is 1. The molecule has 1 amide bonds. The van der Waals surface area contributed by atoms with Crippen molar-refractivity contribution in [2.75, 3.05) is 11.9 Å². The van der Waals surface area contributed by atoms with Gasteiger partial charge in [-0.05, 0) is 63.6 Å². The summed E-state index contributed by atoms with van der Waals surface area (Å²) in [6, 6.07) is 9.10. The van der Waals surface area contributed by atoms with Crippen LogP contribution in [0.25, 0.3) is 20.4 Å². The van der Waals surface area contributed by atoms with Crippen LogP contribution < -0.4 is 15.6 Å². The molecule has 0 fully saturated rings. The van der Waals surface area contributed by atoms with Gasteiger partial charge in [0.25, 0.3) is 5.56 Å². The minimum Gasteiger partial charge on any atom is -0.494 e. The third kappa shape index (κ3) is 3.66. The smallest absolute Gasteiger partial charge is 0.272 e. The molecule has 0 radical (unpaired) electrons. The summed E-state index contributed by atoms with van der Waals surface area (Å²) in [5, 5.41) is 3.72. The number of thiophene rings is 1. The van der Waals surface area contributed by atoms with Gasteiger partial charge in [0.15, 0.2) is 0 Å². The van der Waals surface area contributed by atoms with Crippen LogP contribution in [0.3, 0.4) is 0 Å². The molecule has 1 aromatic carbocycles. The Morgan fingerprint density at radius 3 is 2.60 bits per heavy atom. The monoisotopic (exact) mass is 422 g/mol. The molecule has 0 unspecified atom stereocenters. The van der Waals surface area contributed by atoms with E-state index >= 15 is 0 Å². The van der Waals surface area contributed by atoms with E-state index in [0.717, 1.165) is 27.2 Å². The number of amides is 1. The fraction of sp³-hybridized carbons (Fsp3) is 0.273. The van der Waals surface area contributed by atoms with Gasteiger partial charge in [0, 0.05) is 16.8 Å². The molecule has 0 atom stereocenters. The molecule has 0 spiro atoms. The molecule has 0 bridgehead atoms. The van der Waals surface area contributed by atoms with Crippen molar-refractivity contribution in [2.24, 2.45) is 0 Å². The van der Waals surface area contributed by atoms with Crippen molar-refractivity contribution < 1.29 is 9.53 Å². The summed E-state index contributed by atoms with van der Waals surface area (Å²) < 4.78 is 7.33. The summed E-state index contributed by atoms with van der Waals surface area (Å²) in [6.45, 7) is 8.05. The van der Waals surface area contributed by atoms with Crippen LogP contribution in [0.5, 0.6) is 5.75 Å². The van der Waals surface area contributed by atoms with Gasteiger partial charge in [-0.25, -0.2) is 9.97 Å². The highest BCUT2D eigenvalue weighted by Crippen LogP contribution is 2.32. The highest BCUT2D eigenvalue weighted by molar-refractivity contribution is 7.25. The molecule has 0 saturated carbocycles. The maximum absolute atomic E-state index is 13.1. The van der Waals surface area contributed by atoms with Gasteiger partial charge in [0.05, 0.1) is 12.1 Å². The van der Waals surface area contributed by atoms with E-state index in [1.54, 1.807) is 31.2 Å². The molecule has 8 heteroatoms. The molecule has 1 N–H and O–H groups in total. The predicted molar refractivity (Wildman–Crippen MR) is 120 cm³/mol. The van der Waals surface area contributed by atoms with Crippen LogP contribution in [0.1, 0.15) is 24.0 Å². The first-order chi connectivity index (χ1) is 14.4. The quantitative estimate of drug-likeness (QED) is 0.526. The molecule has 0 aliphatic carbocycles. The number of anilines is 1. The average molecular weight is 423 g/mol. The van der Waals surface area contributed by atoms with E-state index in [1.807, 2.05) is 26.8 Å². The van der Waals surface area contributed by atoms with Crippen LogP contribution in [0.15, 0.2) is 35.1 Å². The Balaban J connectivity index is 1.65. The van der Waals surface area contributed by atoms with Gasteiger partial charge in [0.1, 0.15) is 27.6 Å².